The fourth-order valence-electron chi connectivity index (χ4n) is 3.36. The second-order valence-corrected chi connectivity index (χ2v) is 8.53. The molecule has 4 rings (SSSR count). The van der Waals surface area contributed by atoms with Crippen molar-refractivity contribution in [2.45, 2.75) is 10.9 Å². The van der Waals surface area contributed by atoms with Gasteiger partial charge in [0.05, 0.1) is 22.0 Å². The number of aromatic amines is 2. The highest BCUT2D eigenvalue weighted by atomic mass is 32.2. The number of hydrogen-bond donors (Lipinski definition) is 2. The van der Waals surface area contributed by atoms with Gasteiger partial charge >= 0.3 is 5.69 Å². The van der Waals surface area contributed by atoms with E-state index in [0.717, 1.165) is 11.1 Å². The molecule has 0 aliphatic rings. The van der Waals surface area contributed by atoms with E-state index in [4.69, 9.17) is 0 Å². The van der Waals surface area contributed by atoms with Gasteiger partial charge in [-0.05, 0) is 29.3 Å². The topological polar surface area (TPSA) is 86.0 Å². The number of nitrogens with one attached hydrogen (secondary N) is 2. The average molecular weight is 393 g/mol. The number of rotatable bonds is 5. The molecule has 0 aliphatic heterocycles. The summed E-state index contributed by atoms with van der Waals surface area (Å²) in [5, 5.41) is 0. The molecule has 28 heavy (non-hydrogen) atoms. The van der Waals surface area contributed by atoms with Gasteiger partial charge in [0, 0.05) is 7.05 Å². The second kappa shape index (κ2) is 7.10. The zero-order valence-electron chi connectivity index (χ0n) is 15.2. The minimum Gasteiger partial charge on any atom is -0.306 e. The maximum Gasteiger partial charge on any atom is 0.323 e. The lowest BCUT2D eigenvalue weighted by molar-refractivity contribution is 0.418. The summed E-state index contributed by atoms with van der Waals surface area (Å²) < 4.78 is 28.2. The van der Waals surface area contributed by atoms with Crippen molar-refractivity contribution in [3.8, 4) is 0 Å². The zero-order chi connectivity index (χ0) is 19.7. The molecule has 4 aromatic rings. The van der Waals surface area contributed by atoms with E-state index in [1.165, 1.54) is 16.4 Å². The average Bonchev–Trinajstić information content (AvgIpc) is 3.09. The first-order valence-corrected chi connectivity index (χ1v) is 10.2. The summed E-state index contributed by atoms with van der Waals surface area (Å²) in [6.45, 7) is 0. The first-order chi connectivity index (χ1) is 13.5. The van der Waals surface area contributed by atoms with Crippen LogP contribution in [-0.2, 0) is 10.0 Å². The van der Waals surface area contributed by atoms with Crippen LogP contribution in [-0.4, -0.2) is 29.7 Å². The van der Waals surface area contributed by atoms with Crippen LogP contribution in [0.25, 0.3) is 11.0 Å². The summed E-state index contributed by atoms with van der Waals surface area (Å²) in [7, 11) is -2.25. The van der Waals surface area contributed by atoms with Crippen LogP contribution >= 0.6 is 0 Å². The van der Waals surface area contributed by atoms with Crippen molar-refractivity contribution in [1.82, 2.24) is 14.3 Å². The number of aromatic nitrogens is 2. The van der Waals surface area contributed by atoms with E-state index < -0.39 is 16.1 Å². The number of H-pyrrole nitrogens is 2. The molecule has 0 radical (unpaired) electrons. The third-order valence-corrected chi connectivity index (χ3v) is 6.58. The monoisotopic (exact) mass is 393 g/mol. The predicted octanol–water partition coefficient (Wildman–Crippen LogP) is 3.27. The molecule has 0 saturated heterocycles. The maximum atomic E-state index is 13.4. The molecule has 0 atom stereocenters. The quantitative estimate of drug-likeness (QED) is 0.546. The Hall–Kier alpha value is -3.16. The summed E-state index contributed by atoms with van der Waals surface area (Å²) in [4.78, 5) is 16.8. The minimum absolute atomic E-state index is 0.120. The predicted molar refractivity (Wildman–Crippen MR) is 109 cm³/mol. The van der Waals surface area contributed by atoms with Crippen LogP contribution < -0.4 is 5.69 Å². The Morgan fingerprint density at radius 1 is 0.786 bits per heavy atom. The van der Waals surface area contributed by atoms with E-state index in [0.29, 0.717) is 11.0 Å². The van der Waals surface area contributed by atoms with Gasteiger partial charge in [-0.15, -0.1) is 0 Å². The standard InChI is InChI=1S/C21H19N3O3S/c1-24(20(15-8-4-2-5-9-15)16-10-6-3-7-11-16)28(26,27)17-12-13-18-19(14-17)23-21(25)22-18/h2-14,20H,1H3,(H2,22,23,25). The normalized spacial score (nSPS) is 12.1. The third kappa shape index (κ3) is 3.26. The lowest BCUT2D eigenvalue weighted by Crippen LogP contribution is -2.32. The van der Waals surface area contributed by atoms with Crippen LogP contribution in [0.1, 0.15) is 17.2 Å². The summed E-state index contributed by atoms with van der Waals surface area (Å²) in [5.41, 5.74) is 2.39. The van der Waals surface area contributed by atoms with Crippen molar-refractivity contribution in [3.63, 3.8) is 0 Å². The Morgan fingerprint density at radius 2 is 1.32 bits per heavy atom. The lowest BCUT2D eigenvalue weighted by Gasteiger charge is -2.28. The number of sulfonamides is 1. The third-order valence-electron chi connectivity index (χ3n) is 4.76. The fraction of sp³-hybridized carbons (Fsp3) is 0.0952. The van der Waals surface area contributed by atoms with Gasteiger partial charge in [0.2, 0.25) is 10.0 Å². The highest BCUT2D eigenvalue weighted by molar-refractivity contribution is 7.89. The smallest absolute Gasteiger partial charge is 0.306 e. The van der Waals surface area contributed by atoms with Gasteiger partial charge in [0.15, 0.2) is 0 Å². The highest BCUT2D eigenvalue weighted by Crippen LogP contribution is 2.32. The Bertz CT molecular complexity index is 1220. The molecular weight excluding hydrogens is 374 g/mol. The Kier molecular flexibility index (Phi) is 4.62. The van der Waals surface area contributed by atoms with Gasteiger partial charge in [-0.3, -0.25) is 0 Å². The molecule has 0 aliphatic carbocycles. The summed E-state index contributed by atoms with van der Waals surface area (Å²) >= 11 is 0. The number of hydrogen-bond acceptors (Lipinski definition) is 3. The molecule has 1 aromatic heterocycles. The van der Waals surface area contributed by atoms with E-state index in [1.54, 1.807) is 13.1 Å². The Balaban J connectivity index is 1.82. The van der Waals surface area contributed by atoms with Gasteiger partial charge < -0.3 is 9.97 Å². The fourth-order valence-corrected chi connectivity index (χ4v) is 4.72. The van der Waals surface area contributed by atoms with Crippen molar-refractivity contribution in [3.05, 3.63) is 100 Å². The van der Waals surface area contributed by atoms with E-state index >= 15 is 0 Å². The van der Waals surface area contributed by atoms with Crippen molar-refractivity contribution < 1.29 is 8.42 Å². The molecule has 142 valence electrons. The second-order valence-electron chi connectivity index (χ2n) is 6.53. The number of benzene rings is 3. The molecule has 3 aromatic carbocycles. The van der Waals surface area contributed by atoms with Crippen LogP contribution in [0.2, 0.25) is 0 Å². The summed E-state index contributed by atoms with van der Waals surface area (Å²) in [6, 6.07) is 23.1. The summed E-state index contributed by atoms with van der Waals surface area (Å²) in [5.74, 6) is 0. The van der Waals surface area contributed by atoms with Crippen LogP contribution in [0.3, 0.4) is 0 Å². The molecule has 2 N–H and O–H groups in total. The zero-order valence-corrected chi connectivity index (χ0v) is 16.0. The molecule has 7 heteroatoms. The molecular formula is C21H19N3O3S. The maximum absolute atomic E-state index is 13.4. The lowest BCUT2D eigenvalue weighted by atomic mass is 9.99. The number of fused-ring (bicyclic) bond motifs is 1. The van der Waals surface area contributed by atoms with Gasteiger partial charge in [0.1, 0.15) is 0 Å². The van der Waals surface area contributed by atoms with E-state index in [2.05, 4.69) is 9.97 Å². The largest absolute Gasteiger partial charge is 0.323 e. The molecule has 0 bridgehead atoms. The van der Waals surface area contributed by atoms with Crippen molar-refractivity contribution in [1.29, 1.82) is 0 Å². The number of imidazole rings is 1. The molecule has 0 unspecified atom stereocenters. The number of nitrogens with zero attached hydrogens (tertiary/aromatic N) is 1. The van der Waals surface area contributed by atoms with Crippen molar-refractivity contribution in [2.24, 2.45) is 0 Å². The Labute approximate surface area is 162 Å². The van der Waals surface area contributed by atoms with Gasteiger partial charge in [-0.25, -0.2) is 13.2 Å². The minimum atomic E-state index is -3.82. The first kappa shape index (κ1) is 18.2. The Morgan fingerprint density at radius 3 is 1.89 bits per heavy atom. The molecule has 0 spiro atoms. The highest BCUT2D eigenvalue weighted by Gasteiger charge is 2.30. The molecule has 6 nitrogen and oxygen atoms in total. The summed E-state index contributed by atoms with van der Waals surface area (Å²) in [6.07, 6.45) is 0. The molecule has 1 heterocycles. The molecule has 0 saturated carbocycles. The van der Waals surface area contributed by atoms with Gasteiger partial charge in [-0.1, -0.05) is 60.7 Å². The molecule has 0 amide bonds. The van der Waals surface area contributed by atoms with Crippen molar-refractivity contribution in [2.75, 3.05) is 7.05 Å². The van der Waals surface area contributed by atoms with Gasteiger partial charge in [-0.2, -0.15) is 4.31 Å². The van der Waals surface area contributed by atoms with Gasteiger partial charge in [0.25, 0.3) is 0 Å². The van der Waals surface area contributed by atoms with Crippen LogP contribution in [0.15, 0.2) is 88.6 Å². The van der Waals surface area contributed by atoms with E-state index in [1.807, 2.05) is 60.7 Å². The van der Waals surface area contributed by atoms with Crippen LogP contribution in [0.4, 0.5) is 0 Å². The van der Waals surface area contributed by atoms with E-state index in [9.17, 15) is 13.2 Å². The first-order valence-electron chi connectivity index (χ1n) is 8.77. The van der Waals surface area contributed by atoms with Crippen molar-refractivity contribution >= 4 is 21.1 Å². The SMILES string of the molecule is CN(C(c1ccccc1)c1ccccc1)S(=O)(=O)c1ccc2[nH]c(=O)[nH]c2c1. The van der Waals surface area contributed by atoms with E-state index in [-0.39, 0.29) is 10.6 Å². The van der Waals surface area contributed by atoms with Crippen LogP contribution in [0, 0.1) is 0 Å². The van der Waals surface area contributed by atoms with Crippen LogP contribution in [0.5, 0.6) is 0 Å². The molecule has 0 fully saturated rings.